The van der Waals surface area contributed by atoms with Crippen LogP contribution >= 0.6 is 0 Å². The summed E-state index contributed by atoms with van der Waals surface area (Å²) in [7, 11) is 0. The lowest BCUT2D eigenvalue weighted by Crippen LogP contribution is -2.44. The second-order valence-corrected chi connectivity index (χ2v) is 5.65. The largest absolute Gasteiger partial charge is 0.394 e. The second kappa shape index (κ2) is 6.58. The number of aliphatic hydroxyl groups is 3. The van der Waals surface area contributed by atoms with Gasteiger partial charge >= 0.3 is 0 Å². The van der Waals surface area contributed by atoms with E-state index >= 15 is 0 Å². The van der Waals surface area contributed by atoms with Crippen LogP contribution in [-0.4, -0.2) is 40.2 Å². The number of aliphatic hydroxyl groups excluding tert-OH is 3. The average molecular weight is 300 g/mol. The fraction of sp³-hybridized carbons (Fsp3) is 0.333. The third-order valence-corrected chi connectivity index (χ3v) is 4.07. The van der Waals surface area contributed by atoms with E-state index in [1.165, 1.54) is 0 Å². The highest BCUT2D eigenvalue weighted by Crippen LogP contribution is 2.33. The SMILES string of the molecule is OCC1CC(O)C(O)[C@@H](c2cccc(-c3ccccc3)c2)O1. The summed E-state index contributed by atoms with van der Waals surface area (Å²) < 4.78 is 5.74. The van der Waals surface area contributed by atoms with Crippen molar-refractivity contribution in [3.63, 3.8) is 0 Å². The van der Waals surface area contributed by atoms with Gasteiger partial charge in [0.15, 0.2) is 0 Å². The monoisotopic (exact) mass is 300 g/mol. The summed E-state index contributed by atoms with van der Waals surface area (Å²) in [4.78, 5) is 0. The summed E-state index contributed by atoms with van der Waals surface area (Å²) >= 11 is 0. The summed E-state index contributed by atoms with van der Waals surface area (Å²) in [5.74, 6) is 0. The standard InChI is InChI=1S/C18H20O4/c19-11-15-10-16(20)17(21)18(22-15)14-8-4-7-13(9-14)12-5-2-1-3-6-12/h1-9,15-21H,10-11H2/t15?,16?,17?,18-/m1/s1. The molecule has 1 saturated heterocycles. The average Bonchev–Trinajstić information content (AvgIpc) is 2.58. The van der Waals surface area contributed by atoms with E-state index in [1.807, 2.05) is 54.6 Å². The van der Waals surface area contributed by atoms with Gasteiger partial charge < -0.3 is 20.1 Å². The molecule has 116 valence electrons. The number of ether oxygens (including phenoxy) is 1. The summed E-state index contributed by atoms with van der Waals surface area (Å²) in [6.45, 7) is -0.168. The Labute approximate surface area is 129 Å². The van der Waals surface area contributed by atoms with Gasteiger partial charge in [-0.1, -0.05) is 48.5 Å². The molecule has 1 aliphatic heterocycles. The molecule has 3 unspecified atom stereocenters. The predicted octanol–water partition coefficient (Wildman–Crippen LogP) is 1.90. The summed E-state index contributed by atoms with van der Waals surface area (Å²) in [6.07, 6.45) is -2.73. The van der Waals surface area contributed by atoms with E-state index in [1.54, 1.807) is 0 Å². The molecule has 1 fully saturated rings. The molecule has 2 aromatic carbocycles. The lowest BCUT2D eigenvalue weighted by molar-refractivity contribution is -0.179. The van der Waals surface area contributed by atoms with Crippen molar-refractivity contribution >= 4 is 0 Å². The molecule has 0 amide bonds. The van der Waals surface area contributed by atoms with E-state index in [4.69, 9.17) is 4.74 Å². The van der Waals surface area contributed by atoms with Gasteiger partial charge in [-0.15, -0.1) is 0 Å². The molecular weight excluding hydrogens is 280 g/mol. The zero-order valence-electron chi connectivity index (χ0n) is 12.2. The van der Waals surface area contributed by atoms with Gasteiger partial charge in [0.25, 0.3) is 0 Å². The molecule has 4 atom stereocenters. The van der Waals surface area contributed by atoms with Crippen molar-refractivity contribution in [1.82, 2.24) is 0 Å². The Kier molecular flexibility index (Phi) is 4.55. The minimum absolute atomic E-state index is 0.168. The first-order valence-electron chi connectivity index (χ1n) is 7.47. The molecule has 0 aromatic heterocycles. The molecule has 0 spiro atoms. The normalized spacial score (nSPS) is 28.5. The highest BCUT2D eigenvalue weighted by molar-refractivity contribution is 5.64. The van der Waals surface area contributed by atoms with Crippen LogP contribution < -0.4 is 0 Å². The third kappa shape index (κ3) is 3.05. The molecule has 4 nitrogen and oxygen atoms in total. The van der Waals surface area contributed by atoms with Crippen molar-refractivity contribution in [2.75, 3.05) is 6.61 Å². The second-order valence-electron chi connectivity index (χ2n) is 5.65. The maximum atomic E-state index is 10.2. The minimum atomic E-state index is -0.992. The first-order chi connectivity index (χ1) is 10.7. The number of benzene rings is 2. The Morgan fingerprint density at radius 2 is 1.68 bits per heavy atom. The van der Waals surface area contributed by atoms with Crippen molar-refractivity contribution < 1.29 is 20.1 Å². The van der Waals surface area contributed by atoms with Gasteiger partial charge in [0.2, 0.25) is 0 Å². The molecular formula is C18H20O4. The van der Waals surface area contributed by atoms with Gasteiger partial charge in [-0.05, 0) is 22.8 Å². The van der Waals surface area contributed by atoms with E-state index in [0.717, 1.165) is 16.7 Å². The molecule has 0 bridgehead atoms. The van der Waals surface area contributed by atoms with Crippen molar-refractivity contribution in [3.8, 4) is 11.1 Å². The van der Waals surface area contributed by atoms with Crippen LogP contribution in [0.5, 0.6) is 0 Å². The van der Waals surface area contributed by atoms with Crippen LogP contribution in [0, 0.1) is 0 Å². The van der Waals surface area contributed by atoms with Gasteiger partial charge in [0, 0.05) is 6.42 Å². The van der Waals surface area contributed by atoms with Crippen molar-refractivity contribution in [2.24, 2.45) is 0 Å². The van der Waals surface area contributed by atoms with E-state index in [-0.39, 0.29) is 13.0 Å². The summed E-state index contributed by atoms with van der Waals surface area (Å²) in [5, 5.41) is 29.4. The fourth-order valence-electron chi connectivity index (χ4n) is 2.87. The quantitative estimate of drug-likeness (QED) is 0.810. The van der Waals surface area contributed by atoms with Gasteiger partial charge in [-0.25, -0.2) is 0 Å². The van der Waals surface area contributed by atoms with Crippen LogP contribution in [0.25, 0.3) is 11.1 Å². The predicted molar refractivity (Wildman–Crippen MR) is 83.2 cm³/mol. The Morgan fingerprint density at radius 3 is 2.41 bits per heavy atom. The molecule has 2 aromatic rings. The van der Waals surface area contributed by atoms with E-state index in [9.17, 15) is 15.3 Å². The Hall–Kier alpha value is -1.72. The number of hydrogen-bond acceptors (Lipinski definition) is 4. The Balaban J connectivity index is 1.91. The highest BCUT2D eigenvalue weighted by atomic mass is 16.5. The van der Waals surface area contributed by atoms with Crippen LogP contribution in [0.2, 0.25) is 0 Å². The van der Waals surface area contributed by atoms with E-state index in [2.05, 4.69) is 0 Å². The molecule has 3 N–H and O–H groups in total. The van der Waals surface area contributed by atoms with Crippen LogP contribution in [0.1, 0.15) is 18.1 Å². The van der Waals surface area contributed by atoms with E-state index in [0.29, 0.717) is 0 Å². The molecule has 1 aliphatic rings. The van der Waals surface area contributed by atoms with Gasteiger partial charge in [-0.2, -0.15) is 0 Å². The Bertz CT molecular complexity index is 613. The van der Waals surface area contributed by atoms with Crippen LogP contribution in [-0.2, 0) is 4.74 Å². The molecule has 22 heavy (non-hydrogen) atoms. The van der Waals surface area contributed by atoms with Crippen molar-refractivity contribution in [1.29, 1.82) is 0 Å². The third-order valence-electron chi connectivity index (χ3n) is 4.07. The van der Waals surface area contributed by atoms with Gasteiger partial charge in [0.05, 0.1) is 18.8 Å². The number of hydrogen-bond donors (Lipinski definition) is 3. The molecule has 3 rings (SSSR count). The smallest absolute Gasteiger partial charge is 0.111 e. The first-order valence-corrected chi connectivity index (χ1v) is 7.47. The van der Waals surface area contributed by atoms with E-state index < -0.39 is 24.4 Å². The summed E-state index contributed by atoms with van der Waals surface area (Å²) in [6, 6.07) is 17.7. The minimum Gasteiger partial charge on any atom is -0.394 e. The maximum absolute atomic E-state index is 10.2. The molecule has 0 radical (unpaired) electrons. The van der Waals surface area contributed by atoms with Crippen LogP contribution in [0.3, 0.4) is 0 Å². The Morgan fingerprint density at radius 1 is 0.955 bits per heavy atom. The van der Waals surface area contributed by atoms with Crippen LogP contribution in [0.4, 0.5) is 0 Å². The topological polar surface area (TPSA) is 69.9 Å². The van der Waals surface area contributed by atoms with Crippen molar-refractivity contribution in [3.05, 3.63) is 60.2 Å². The highest BCUT2D eigenvalue weighted by Gasteiger charge is 2.37. The molecule has 0 saturated carbocycles. The fourth-order valence-corrected chi connectivity index (χ4v) is 2.87. The lowest BCUT2D eigenvalue weighted by atomic mass is 9.91. The molecule has 0 aliphatic carbocycles. The zero-order valence-corrected chi connectivity index (χ0v) is 12.2. The molecule has 4 heteroatoms. The summed E-state index contributed by atoms with van der Waals surface area (Å²) in [5.41, 5.74) is 2.90. The van der Waals surface area contributed by atoms with Crippen LogP contribution in [0.15, 0.2) is 54.6 Å². The zero-order chi connectivity index (χ0) is 15.5. The van der Waals surface area contributed by atoms with Gasteiger partial charge in [-0.3, -0.25) is 0 Å². The van der Waals surface area contributed by atoms with Crippen molar-refractivity contribution in [2.45, 2.75) is 30.8 Å². The molecule has 1 heterocycles. The van der Waals surface area contributed by atoms with Gasteiger partial charge in [0.1, 0.15) is 12.2 Å². The lowest BCUT2D eigenvalue weighted by Gasteiger charge is -2.37. The number of rotatable bonds is 3. The first kappa shape index (κ1) is 15.2. The maximum Gasteiger partial charge on any atom is 0.111 e.